The van der Waals surface area contributed by atoms with Crippen LogP contribution in [0.15, 0.2) is 30.3 Å². The third-order valence-corrected chi connectivity index (χ3v) is 3.30. The average molecular weight is 217 g/mol. The number of hydrogen-bond acceptors (Lipinski definition) is 1. The van der Waals surface area contributed by atoms with E-state index >= 15 is 0 Å². The molecule has 0 radical (unpaired) electrons. The summed E-state index contributed by atoms with van der Waals surface area (Å²) < 4.78 is 0. The maximum absolute atomic E-state index is 11.7. The largest absolute Gasteiger partial charge is 0.356 e. The zero-order chi connectivity index (χ0) is 11.4. The zero-order valence-corrected chi connectivity index (χ0v) is 9.78. The van der Waals surface area contributed by atoms with Crippen molar-refractivity contribution in [2.24, 2.45) is 11.8 Å². The molecule has 0 saturated heterocycles. The molecule has 1 aromatic carbocycles. The van der Waals surface area contributed by atoms with E-state index in [0.717, 1.165) is 13.0 Å². The van der Waals surface area contributed by atoms with E-state index in [1.807, 2.05) is 25.1 Å². The summed E-state index contributed by atoms with van der Waals surface area (Å²) in [5, 5.41) is 3.01. The van der Waals surface area contributed by atoms with Crippen molar-refractivity contribution in [2.45, 2.75) is 26.2 Å². The summed E-state index contributed by atoms with van der Waals surface area (Å²) in [7, 11) is 0. The van der Waals surface area contributed by atoms with Gasteiger partial charge in [0.25, 0.3) is 0 Å². The molecule has 1 saturated carbocycles. The van der Waals surface area contributed by atoms with E-state index in [1.54, 1.807) is 0 Å². The fourth-order valence-corrected chi connectivity index (χ4v) is 1.95. The smallest absolute Gasteiger partial charge is 0.223 e. The van der Waals surface area contributed by atoms with Gasteiger partial charge in [-0.1, -0.05) is 37.3 Å². The molecule has 1 unspecified atom stereocenters. The highest BCUT2D eigenvalue weighted by molar-refractivity contribution is 5.78. The summed E-state index contributed by atoms with van der Waals surface area (Å²) >= 11 is 0. The lowest BCUT2D eigenvalue weighted by molar-refractivity contribution is -0.125. The van der Waals surface area contributed by atoms with E-state index in [4.69, 9.17) is 0 Å². The lowest BCUT2D eigenvalue weighted by atomic mass is 10.1. The van der Waals surface area contributed by atoms with Crippen molar-refractivity contribution in [3.8, 4) is 0 Å². The third-order valence-electron chi connectivity index (χ3n) is 3.30. The normalized spacial score (nSPS) is 16.8. The molecule has 1 aliphatic carbocycles. The Balaban J connectivity index is 1.69. The van der Waals surface area contributed by atoms with Crippen molar-refractivity contribution in [1.82, 2.24) is 5.32 Å². The minimum absolute atomic E-state index is 0.204. The standard InChI is InChI=1S/C14H19NO/c1-11(13-7-8-13)14(16)15-10-9-12-5-3-2-4-6-12/h2-6,11,13H,7-10H2,1H3,(H,15,16). The van der Waals surface area contributed by atoms with Crippen molar-refractivity contribution in [3.05, 3.63) is 35.9 Å². The quantitative estimate of drug-likeness (QED) is 0.806. The van der Waals surface area contributed by atoms with Crippen molar-refractivity contribution in [1.29, 1.82) is 0 Å². The molecule has 0 aromatic heterocycles. The van der Waals surface area contributed by atoms with Gasteiger partial charge in [-0.2, -0.15) is 0 Å². The van der Waals surface area contributed by atoms with Gasteiger partial charge in [0.05, 0.1) is 0 Å². The second-order valence-electron chi connectivity index (χ2n) is 4.65. The summed E-state index contributed by atoms with van der Waals surface area (Å²) in [6.07, 6.45) is 3.38. The first-order valence-electron chi connectivity index (χ1n) is 6.09. The minimum Gasteiger partial charge on any atom is -0.356 e. The van der Waals surface area contributed by atoms with Crippen LogP contribution >= 0.6 is 0 Å². The maximum Gasteiger partial charge on any atom is 0.223 e. The maximum atomic E-state index is 11.7. The van der Waals surface area contributed by atoms with Gasteiger partial charge >= 0.3 is 0 Å². The first kappa shape index (κ1) is 11.2. The predicted molar refractivity (Wildman–Crippen MR) is 65.0 cm³/mol. The zero-order valence-electron chi connectivity index (χ0n) is 9.78. The molecule has 1 aromatic rings. The minimum atomic E-state index is 0.204. The Morgan fingerprint density at radius 2 is 2.06 bits per heavy atom. The molecule has 0 aliphatic heterocycles. The number of benzene rings is 1. The third kappa shape index (κ3) is 3.09. The summed E-state index contributed by atoms with van der Waals surface area (Å²) in [5.41, 5.74) is 1.28. The second-order valence-corrected chi connectivity index (χ2v) is 4.65. The fourth-order valence-electron chi connectivity index (χ4n) is 1.95. The molecule has 1 amide bonds. The fraction of sp³-hybridized carbons (Fsp3) is 0.500. The summed E-state index contributed by atoms with van der Waals surface area (Å²) in [6.45, 7) is 2.79. The van der Waals surface area contributed by atoms with Crippen LogP contribution in [0.5, 0.6) is 0 Å². The monoisotopic (exact) mass is 217 g/mol. The molecular weight excluding hydrogens is 198 g/mol. The van der Waals surface area contributed by atoms with Crippen molar-refractivity contribution in [2.75, 3.05) is 6.54 Å². The van der Waals surface area contributed by atoms with Crippen LogP contribution < -0.4 is 5.32 Å². The van der Waals surface area contributed by atoms with Crippen molar-refractivity contribution < 1.29 is 4.79 Å². The van der Waals surface area contributed by atoms with Crippen LogP contribution in [0.3, 0.4) is 0 Å². The first-order valence-corrected chi connectivity index (χ1v) is 6.09. The molecule has 1 fully saturated rings. The van der Waals surface area contributed by atoms with Crippen LogP contribution in [0, 0.1) is 11.8 Å². The number of amides is 1. The number of hydrogen-bond donors (Lipinski definition) is 1. The molecular formula is C14H19NO. The van der Waals surface area contributed by atoms with E-state index in [1.165, 1.54) is 18.4 Å². The predicted octanol–water partition coefficient (Wildman–Crippen LogP) is 2.39. The summed E-state index contributed by atoms with van der Waals surface area (Å²) in [5.74, 6) is 1.07. The van der Waals surface area contributed by atoms with Gasteiger partial charge in [0, 0.05) is 12.5 Å². The van der Waals surface area contributed by atoms with Gasteiger partial charge in [-0.3, -0.25) is 4.79 Å². The van der Waals surface area contributed by atoms with E-state index in [9.17, 15) is 4.79 Å². The van der Waals surface area contributed by atoms with E-state index in [2.05, 4.69) is 17.4 Å². The Labute approximate surface area is 97.1 Å². The molecule has 16 heavy (non-hydrogen) atoms. The van der Waals surface area contributed by atoms with Gasteiger partial charge in [0.1, 0.15) is 0 Å². The van der Waals surface area contributed by atoms with Crippen molar-refractivity contribution >= 4 is 5.91 Å². The van der Waals surface area contributed by atoms with Gasteiger partial charge in [-0.15, -0.1) is 0 Å². The van der Waals surface area contributed by atoms with Gasteiger partial charge in [-0.25, -0.2) is 0 Å². The molecule has 1 N–H and O–H groups in total. The Morgan fingerprint density at radius 3 is 2.69 bits per heavy atom. The Morgan fingerprint density at radius 1 is 1.38 bits per heavy atom. The summed E-state index contributed by atoms with van der Waals surface area (Å²) in [6, 6.07) is 10.3. The second kappa shape index (κ2) is 5.15. The van der Waals surface area contributed by atoms with Gasteiger partial charge < -0.3 is 5.32 Å². The lowest BCUT2D eigenvalue weighted by Gasteiger charge is -2.10. The van der Waals surface area contributed by atoms with Gasteiger partial charge in [-0.05, 0) is 30.7 Å². The average Bonchev–Trinajstić information content (AvgIpc) is 3.13. The van der Waals surface area contributed by atoms with Crippen LogP contribution in [-0.2, 0) is 11.2 Å². The van der Waals surface area contributed by atoms with Crippen molar-refractivity contribution in [3.63, 3.8) is 0 Å². The number of carbonyl (C=O) groups is 1. The molecule has 1 atom stereocenters. The molecule has 2 nitrogen and oxygen atoms in total. The molecule has 0 bridgehead atoms. The van der Waals surface area contributed by atoms with Crippen LogP contribution in [-0.4, -0.2) is 12.5 Å². The van der Waals surface area contributed by atoms with Crippen LogP contribution in [0.4, 0.5) is 0 Å². The highest BCUT2D eigenvalue weighted by atomic mass is 16.1. The van der Waals surface area contributed by atoms with Gasteiger partial charge in [0.2, 0.25) is 5.91 Å². The number of nitrogens with one attached hydrogen (secondary N) is 1. The van der Waals surface area contributed by atoms with E-state index in [0.29, 0.717) is 5.92 Å². The Kier molecular flexibility index (Phi) is 3.60. The molecule has 1 aliphatic rings. The first-order chi connectivity index (χ1) is 7.77. The van der Waals surface area contributed by atoms with Crippen LogP contribution in [0.2, 0.25) is 0 Å². The molecule has 2 heteroatoms. The molecule has 2 rings (SSSR count). The van der Waals surface area contributed by atoms with Crippen LogP contribution in [0.25, 0.3) is 0 Å². The van der Waals surface area contributed by atoms with Crippen LogP contribution in [0.1, 0.15) is 25.3 Å². The molecule has 0 heterocycles. The molecule has 86 valence electrons. The SMILES string of the molecule is CC(C(=O)NCCc1ccccc1)C1CC1. The van der Waals surface area contributed by atoms with E-state index in [-0.39, 0.29) is 11.8 Å². The van der Waals surface area contributed by atoms with E-state index < -0.39 is 0 Å². The lowest BCUT2D eigenvalue weighted by Crippen LogP contribution is -2.31. The Bertz CT molecular complexity index is 343. The number of carbonyl (C=O) groups excluding carboxylic acids is 1. The number of rotatable bonds is 5. The topological polar surface area (TPSA) is 29.1 Å². The highest BCUT2D eigenvalue weighted by Gasteiger charge is 2.32. The van der Waals surface area contributed by atoms with Gasteiger partial charge in [0.15, 0.2) is 0 Å². The highest BCUT2D eigenvalue weighted by Crippen LogP contribution is 2.36. The summed E-state index contributed by atoms with van der Waals surface area (Å²) in [4.78, 5) is 11.7. The Hall–Kier alpha value is -1.31. The molecule has 0 spiro atoms.